The van der Waals surface area contributed by atoms with Crippen LogP contribution in [0.2, 0.25) is 0 Å². The van der Waals surface area contributed by atoms with Gasteiger partial charge in [0.15, 0.2) is 0 Å². The molecule has 2 aromatic rings. The van der Waals surface area contributed by atoms with E-state index in [1.807, 2.05) is 36.4 Å². The van der Waals surface area contributed by atoms with Crippen LogP contribution in [0, 0.1) is 0 Å². The summed E-state index contributed by atoms with van der Waals surface area (Å²) in [5.74, 6) is -0.124. The first-order chi connectivity index (χ1) is 10.2. The van der Waals surface area contributed by atoms with Gasteiger partial charge in [0, 0.05) is 12.3 Å². The van der Waals surface area contributed by atoms with Crippen LogP contribution in [0.5, 0.6) is 0 Å². The van der Waals surface area contributed by atoms with Crippen molar-refractivity contribution in [2.24, 2.45) is 0 Å². The van der Waals surface area contributed by atoms with Gasteiger partial charge in [-0.05, 0) is 23.1 Å². The molecule has 0 saturated carbocycles. The summed E-state index contributed by atoms with van der Waals surface area (Å²) in [7, 11) is 0. The molecule has 21 heavy (non-hydrogen) atoms. The van der Waals surface area contributed by atoms with Crippen LogP contribution in [-0.4, -0.2) is 11.8 Å². The Morgan fingerprint density at radius 1 is 0.952 bits per heavy atom. The highest BCUT2D eigenvalue weighted by atomic mass is 16.2. The minimum atomic E-state index is -0.672. The highest BCUT2D eigenvalue weighted by Crippen LogP contribution is 2.52. The minimum absolute atomic E-state index is 0.140. The maximum atomic E-state index is 12.4. The second-order valence-electron chi connectivity index (χ2n) is 5.89. The van der Waals surface area contributed by atoms with Crippen molar-refractivity contribution in [2.45, 2.75) is 24.2 Å². The average Bonchev–Trinajstić information content (AvgIpc) is 2.99. The van der Waals surface area contributed by atoms with Crippen LogP contribution in [0.15, 0.2) is 54.6 Å². The Morgan fingerprint density at radius 3 is 2.38 bits per heavy atom. The predicted molar refractivity (Wildman–Crippen MR) is 78.8 cm³/mol. The molecule has 4 rings (SSSR count). The first kappa shape index (κ1) is 12.3. The fourth-order valence-electron chi connectivity index (χ4n) is 3.82. The fraction of sp³-hybridized carbons (Fsp3) is 0.222. The molecule has 1 aliphatic heterocycles. The first-order valence-electron chi connectivity index (χ1n) is 7.19. The zero-order valence-corrected chi connectivity index (χ0v) is 11.5. The number of hydrogen-bond acceptors (Lipinski definition) is 2. The number of carbonyl (C=O) groups excluding carboxylic acids is 2. The summed E-state index contributed by atoms with van der Waals surface area (Å²) < 4.78 is 0. The molecular weight excluding hydrogens is 262 g/mol. The van der Waals surface area contributed by atoms with Crippen molar-refractivity contribution < 1.29 is 9.59 Å². The summed E-state index contributed by atoms with van der Waals surface area (Å²) >= 11 is 0. The molecule has 2 unspecified atom stereocenters. The summed E-state index contributed by atoms with van der Waals surface area (Å²) in [5, 5.41) is 2.48. The number of imide groups is 1. The molecule has 1 aliphatic carbocycles. The van der Waals surface area contributed by atoms with Crippen molar-refractivity contribution in [1.29, 1.82) is 0 Å². The van der Waals surface area contributed by atoms with Crippen molar-refractivity contribution in [3.8, 4) is 0 Å². The van der Waals surface area contributed by atoms with Gasteiger partial charge in [-0.2, -0.15) is 0 Å². The second kappa shape index (κ2) is 4.29. The van der Waals surface area contributed by atoms with Crippen molar-refractivity contribution in [1.82, 2.24) is 5.32 Å². The Bertz CT molecular complexity index is 738. The third-order valence-corrected chi connectivity index (χ3v) is 4.76. The lowest BCUT2D eigenvalue weighted by Gasteiger charge is -2.20. The molecule has 2 aliphatic rings. The van der Waals surface area contributed by atoms with Gasteiger partial charge in [0.25, 0.3) is 0 Å². The lowest BCUT2D eigenvalue weighted by Crippen LogP contribution is -2.33. The number of benzene rings is 2. The second-order valence-corrected chi connectivity index (χ2v) is 5.89. The van der Waals surface area contributed by atoms with Gasteiger partial charge in [0.2, 0.25) is 11.8 Å². The quantitative estimate of drug-likeness (QED) is 0.814. The lowest BCUT2D eigenvalue weighted by atomic mass is 9.79. The van der Waals surface area contributed by atoms with Gasteiger partial charge in [-0.15, -0.1) is 0 Å². The van der Waals surface area contributed by atoms with Crippen molar-refractivity contribution in [3.05, 3.63) is 71.3 Å². The highest BCUT2D eigenvalue weighted by molar-refractivity contribution is 6.09. The Kier molecular flexibility index (Phi) is 2.52. The van der Waals surface area contributed by atoms with Crippen LogP contribution in [0.1, 0.15) is 35.4 Å². The average molecular weight is 277 g/mol. The molecule has 1 fully saturated rings. The molecule has 1 spiro atoms. The first-order valence-corrected chi connectivity index (χ1v) is 7.19. The monoisotopic (exact) mass is 277 g/mol. The minimum Gasteiger partial charge on any atom is -0.296 e. The molecule has 0 aromatic heterocycles. The molecular formula is C18H15NO2. The Balaban J connectivity index is 1.88. The van der Waals surface area contributed by atoms with Crippen LogP contribution in [0.4, 0.5) is 0 Å². The van der Waals surface area contributed by atoms with E-state index in [2.05, 4.69) is 23.5 Å². The number of nitrogens with one attached hydrogen (secondary N) is 1. The normalized spacial score (nSPS) is 27.0. The van der Waals surface area contributed by atoms with Gasteiger partial charge in [0.1, 0.15) is 0 Å². The van der Waals surface area contributed by atoms with Gasteiger partial charge >= 0.3 is 0 Å². The summed E-state index contributed by atoms with van der Waals surface area (Å²) in [6, 6.07) is 18.2. The maximum absolute atomic E-state index is 12.4. The van der Waals surface area contributed by atoms with E-state index in [9.17, 15) is 9.59 Å². The number of fused-ring (bicyclic) bond motifs is 2. The van der Waals surface area contributed by atoms with Crippen LogP contribution in [0.25, 0.3) is 0 Å². The molecule has 3 nitrogen and oxygen atoms in total. The van der Waals surface area contributed by atoms with E-state index in [4.69, 9.17) is 0 Å². The van der Waals surface area contributed by atoms with E-state index < -0.39 is 5.41 Å². The standard InChI is InChI=1S/C18H15NO2/c20-16-11-18(17(21)19-16)10-14(12-6-2-1-3-7-12)13-8-4-5-9-15(13)18/h1-9,14H,10-11H2,(H,19,20,21). The summed E-state index contributed by atoms with van der Waals surface area (Å²) in [5.41, 5.74) is 2.72. The molecule has 0 bridgehead atoms. The lowest BCUT2D eigenvalue weighted by molar-refractivity contribution is -0.126. The largest absolute Gasteiger partial charge is 0.296 e. The number of amides is 2. The van der Waals surface area contributed by atoms with E-state index in [0.717, 1.165) is 5.56 Å². The van der Waals surface area contributed by atoms with Crippen molar-refractivity contribution in [3.63, 3.8) is 0 Å². The Morgan fingerprint density at radius 2 is 1.67 bits per heavy atom. The van der Waals surface area contributed by atoms with Crippen molar-refractivity contribution in [2.75, 3.05) is 0 Å². The summed E-state index contributed by atoms with van der Waals surface area (Å²) in [6.45, 7) is 0. The Hall–Kier alpha value is -2.42. The van der Waals surface area contributed by atoms with E-state index >= 15 is 0 Å². The Labute approximate surface area is 123 Å². The molecule has 2 amide bonds. The van der Waals surface area contributed by atoms with Crippen LogP contribution in [0.3, 0.4) is 0 Å². The summed E-state index contributed by atoms with van der Waals surface area (Å²) in [4.78, 5) is 24.2. The third-order valence-electron chi connectivity index (χ3n) is 4.76. The van der Waals surface area contributed by atoms with Gasteiger partial charge < -0.3 is 0 Å². The maximum Gasteiger partial charge on any atom is 0.237 e. The molecule has 1 saturated heterocycles. The zero-order chi connectivity index (χ0) is 14.4. The predicted octanol–water partition coefficient (Wildman–Crippen LogP) is 2.51. The van der Waals surface area contributed by atoms with Gasteiger partial charge in [0.05, 0.1) is 5.41 Å². The highest BCUT2D eigenvalue weighted by Gasteiger charge is 2.54. The molecule has 1 heterocycles. The fourth-order valence-corrected chi connectivity index (χ4v) is 3.82. The molecule has 1 N–H and O–H groups in total. The SMILES string of the molecule is O=C1CC2(CC(c3ccccc3)c3ccccc32)C(=O)N1. The molecule has 2 aromatic carbocycles. The zero-order valence-electron chi connectivity index (χ0n) is 11.5. The molecule has 3 heteroatoms. The number of hydrogen-bond donors (Lipinski definition) is 1. The van der Waals surface area contributed by atoms with Gasteiger partial charge in [-0.25, -0.2) is 0 Å². The van der Waals surface area contributed by atoms with E-state index in [1.54, 1.807) is 0 Å². The van der Waals surface area contributed by atoms with E-state index in [-0.39, 0.29) is 24.2 Å². The van der Waals surface area contributed by atoms with E-state index in [1.165, 1.54) is 11.1 Å². The van der Waals surface area contributed by atoms with Gasteiger partial charge in [-0.3, -0.25) is 14.9 Å². The van der Waals surface area contributed by atoms with Gasteiger partial charge in [-0.1, -0.05) is 54.6 Å². The smallest absolute Gasteiger partial charge is 0.237 e. The molecule has 0 radical (unpaired) electrons. The molecule has 104 valence electrons. The third kappa shape index (κ3) is 1.67. The molecule has 2 atom stereocenters. The van der Waals surface area contributed by atoms with Crippen LogP contribution < -0.4 is 5.32 Å². The van der Waals surface area contributed by atoms with E-state index in [0.29, 0.717) is 6.42 Å². The summed E-state index contributed by atoms with van der Waals surface area (Å²) in [6.07, 6.45) is 0.945. The van der Waals surface area contributed by atoms with Crippen LogP contribution in [-0.2, 0) is 15.0 Å². The van der Waals surface area contributed by atoms with Crippen LogP contribution >= 0.6 is 0 Å². The number of carbonyl (C=O) groups is 2. The topological polar surface area (TPSA) is 46.2 Å². The number of rotatable bonds is 1. The van der Waals surface area contributed by atoms with Crippen molar-refractivity contribution >= 4 is 11.8 Å².